The van der Waals surface area contributed by atoms with E-state index in [1.807, 2.05) is 24.3 Å². The van der Waals surface area contributed by atoms with Crippen LogP contribution >= 0.6 is 0 Å². The number of rotatable bonds is 5. The number of ether oxygens (including phenoxy) is 1. The van der Waals surface area contributed by atoms with Crippen LogP contribution in [0.5, 0.6) is 0 Å². The molecule has 1 aromatic heterocycles. The van der Waals surface area contributed by atoms with Crippen LogP contribution in [-0.2, 0) is 17.5 Å². The van der Waals surface area contributed by atoms with Crippen molar-refractivity contribution in [2.24, 2.45) is 0 Å². The Kier molecular flexibility index (Phi) is 6.17. The molecule has 174 valence electrons. The van der Waals surface area contributed by atoms with E-state index in [2.05, 4.69) is 15.0 Å². The molecule has 0 unspecified atom stereocenters. The third kappa shape index (κ3) is 4.88. The van der Waals surface area contributed by atoms with Crippen LogP contribution in [0, 0.1) is 0 Å². The summed E-state index contributed by atoms with van der Waals surface area (Å²) in [6.45, 7) is 4.12. The highest BCUT2D eigenvalue weighted by Crippen LogP contribution is 2.39. The standard InChI is InChI=1S/C26H22F3N3O2/c27-26(28,29)23-16-21(10-11-22(23)19-4-2-1-3-5-19)25-30-24(31-34-25)20-8-6-18(7-9-20)17-32-12-14-33-15-13-32/h1-11,16H,12-15,17H2. The van der Waals surface area contributed by atoms with Gasteiger partial charge in [-0.1, -0.05) is 65.8 Å². The van der Waals surface area contributed by atoms with Crippen molar-refractivity contribution >= 4 is 0 Å². The Morgan fingerprint density at radius 3 is 2.24 bits per heavy atom. The second-order valence-corrected chi connectivity index (χ2v) is 8.13. The first kappa shape index (κ1) is 22.3. The lowest BCUT2D eigenvalue weighted by molar-refractivity contribution is -0.137. The molecule has 1 aliphatic rings. The summed E-state index contributed by atoms with van der Waals surface area (Å²) >= 11 is 0. The molecule has 0 amide bonds. The van der Waals surface area contributed by atoms with Gasteiger partial charge in [0.25, 0.3) is 5.89 Å². The van der Waals surface area contributed by atoms with Gasteiger partial charge in [0.15, 0.2) is 0 Å². The number of aromatic nitrogens is 2. The fraction of sp³-hybridized carbons (Fsp3) is 0.231. The van der Waals surface area contributed by atoms with Gasteiger partial charge in [0.2, 0.25) is 5.82 Å². The van der Waals surface area contributed by atoms with Gasteiger partial charge in [-0.3, -0.25) is 4.90 Å². The van der Waals surface area contributed by atoms with E-state index in [1.165, 1.54) is 6.07 Å². The second-order valence-electron chi connectivity index (χ2n) is 8.13. The van der Waals surface area contributed by atoms with Crippen LogP contribution in [0.25, 0.3) is 34.0 Å². The molecule has 1 saturated heterocycles. The largest absolute Gasteiger partial charge is 0.417 e. The lowest BCUT2D eigenvalue weighted by atomic mass is 9.97. The molecule has 0 atom stereocenters. The summed E-state index contributed by atoms with van der Waals surface area (Å²) in [7, 11) is 0. The molecule has 1 aliphatic heterocycles. The van der Waals surface area contributed by atoms with Gasteiger partial charge >= 0.3 is 6.18 Å². The van der Waals surface area contributed by atoms with Crippen molar-refractivity contribution in [2.75, 3.05) is 26.3 Å². The zero-order valence-electron chi connectivity index (χ0n) is 18.3. The molecule has 0 aliphatic carbocycles. The number of benzene rings is 3. The van der Waals surface area contributed by atoms with E-state index in [4.69, 9.17) is 9.26 Å². The van der Waals surface area contributed by atoms with Crippen molar-refractivity contribution in [1.82, 2.24) is 15.0 Å². The topological polar surface area (TPSA) is 51.4 Å². The highest BCUT2D eigenvalue weighted by Gasteiger charge is 2.34. The molecule has 5 rings (SSSR count). The first-order chi connectivity index (χ1) is 16.5. The summed E-state index contributed by atoms with van der Waals surface area (Å²) in [5, 5.41) is 3.99. The molecule has 8 heteroatoms. The summed E-state index contributed by atoms with van der Waals surface area (Å²) in [5.74, 6) is 0.367. The molecule has 0 saturated carbocycles. The van der Waals surface area contributed by atoms with Gasteiger partial charge in [0.05, 0.1) is 18.8 Å². The minimum Gasteiger partial charge on any atom is -0.379 e. The quantitative estimate of drug-likeness (QED) is 0.366. The van der Waals surface area contributed by atoms with Gasteiger partial charge in [-0.15, -0.1) is 0 Å². The van der Waals surface area contributed by atoms with Gasteiger partial charge in [-0.25, -0.2) is 0 Å². The smallest absolute Gasteiger partial charge is 0.379 e. The maximum absolute atomic E-state index is 13.8. The average molecular weight is 465 g/mol. The highest BCUT2D eigenvalue weighted by molar-refractivity contribution is 5.72. The minimum atomic E-state index is -4.53. The van der Waals surface area contributed by atoms with Gasteiger partial charge in [-0.05, 0) is 28.8 Å². The number of halogens is 3. The number of hydrogen-bond acceptors (Lipinski definition) is 5. The zero-order valence-corrected chi connectivity index (χ0v) is 18.3. The molecule has 5 nitrogen and oxygen atoms in total. The van der Waals surface area contributed by atoms with E-state index in [1.54, 1.807) is 36.4 Å². The van der Waals surface area contributed by atoms with E-state index in [-0.39, 0.29) is 17.0 Å². The maximum atomic E-state index is 13.8. The Bertz CT molecular complexity index is 1250. The van der Waals surface area contributed by atoms with E-state index in [0.29, 0.717) is 11.4 Å². The highest BCUT2D eigenvalue weighted by atomic mass is 19.4. The van der Waals surface area contributed by atoms with Crippen LogP contribution in [0.15, 0.2) is 77.3 Å². The average Bonchev–Trinajstić information content (AvgIpc) is 3.35. The van der Waals surface area contributed by atoms with Crippen LogP contribution in [-0.4, -0.2) is 41.3 Å². The lowest BCUT2D eigenvalue weighted by Crippen LogP contribution is -2.35. The van der Waals surface area contributed by atoms with Crippen molar-refractivity contribution < 1.29 is 22.4 Å². The van der Waals surface area contributed by atoms with Gasteiger partial charge in [0.1, 0.15) is 0 Å². The van der Waals surface area contributed by atoms with Crippen LogP contribution < -0.4 is 0 Å². The second kappa shape index (κ2) is 9.40. The van der Waals surface area contributed by atoms with Crippen molar-refractivity contribution in [3.8, 4) is 34.0 Å². The lowest BCUT2D eigenvalue weighted by Gasteiger charge is -2.26. The molecular weight excluding hydrogens is 443 g/mol. The van der Waals surface area contributed by atoms with E-state index < -0.39 is 11.7 Å². The molecule has 0 bridgehead atoms. The number of morpholine rings is 1. The van der Waals surface area contributed by atoms with Crippen molar-refractivity contribution in [3.63, 3.8) is 0 Å². The van der Waals surface area contributed by atoms with Crippen LogP contribution in [0.3, 0.4) is 0 Å². The first-order valence-electron chi connectivity index (χ1n) is 11.0. The van der Waals surface area contributed by atoms with Crippen molar-refractivity contribution in [2.45, 2.75) is 12.7 Å². The van der Waals surface area contributed by atoms with E-state index in [9.17, 15) is 13.2 Å². The molecule has 2 heterocycles. The Hall–Kier alpha value is -3.49. The Labute approximate surface area is 194 Å². The molecule has 0 N–H and O–H groups in total. The predicted octanol–water partition coefficient (Wildman–Crippen LogP) is 5.92. The maximum Gasteiger partial charge on any atom is 0.417 e. The normalized spacial score (nSPS) is 14.9. The van der Waals surface area contributed by atoms with Crippen LogP contribution in [0.2, 0.25) is 0 Å². The Morgan fingerprint density at radius 1 is 0.824 bits per heavy atom. The summed E-state index contributed by atoms with van der Waals surface area (Å²) < 4.78 is 52.2. The van der Waals surface area contributed by atoms with Gasteiger partial charge in [-0.2, -0.15) is 18.2 Å². The third-order valence-corrected chi connectivity index (χ3v) is 5.80. The van der Waals surface area contributed by atoms with E-state index >= 15 is 0 Å². The molecule has 34 heavy (non-hydrogen) atoms. The molecule has 3 aromatic carbocycles. The van der Waals surface area contributed by atoms with Gasteiger partial charge < -0.3 is 9.26 Å². The van der Waals surface area contributed by atoms with Gasteiger partial charge in [0, 0.05) is 30.8 Å². The van der Waals surface area contributed by atoms with Crippen LogP contribution in [0.4, 0.5) is 13.2 Å². The summed E-state index contributed by atoms with van der Waals surface area (Å²) in [5.41, 5.74) is 1.95. The van der Waals surface area contributed by atoms with E-state index in [0.717, 1.165) is 50.0 Å². The minimum absolute atomic E-state index is 0.0394. The molecular formula is C26H22F3N3O2. The summed E-state index contributed by atoms with van der Waals surface area (Å²) in [6.07, 6.45) is -4.53. The SMILES string of the molecule is FC(F)(F)c1cc(-c2nc(-c3ccc(CN4CCOCC4)cc3)no2)ccc1-c1ccccc1. The number of alkyl halides is 3. The summed E-state index contributed by atoms with van der Waals surface area (Å²) in [4.78, 5) is 6.67. The molecule has 4 aromatic rings. The monoisotopic (exact) mass is 465 g/mol. The zero-order chi connectivity index (χ0) is 23.5. The predicted molar refractivity (Wildman–Crippen MR) is 122 cm³/mol. The summed E-state index contributed by atoms with van der Waals surface area (Å²) in [6, 6.07) is 20.3. The molecule has 1 fully saturated rings. The Balaban J connectivity index is 1.39. The number of hydrogen-bond donors (Lipinski definition) is 0. The van der Waals surface area contributed by atoms with Crippen LogP contribution in [0.1, 0.15) is 11.1 Å². The Morgan fingerprint density at radius 2 is 1.53 bits per heavy atom. The third-order valence-electron chi connectivity index (χ3n) is 5.80. The fourth-order valence-electron chi connectivity index (χ4n) is 4.02. The van der Waals surface area contributed by atoms with Crippen molar-refractivity contribution in [1.29, 1.82) is 0 Å². The van der Waals surface area contributed by atoms with Crippen molar-refractivity contribution in [3.05, 3.63) is 83.9 Å². The number of nitrogens with zero attached hydrogens (tertiary/aromatic N) is 3. The molecule has 0 spiro atoms. The first-order valence-corrected chi connectivity index (χ1v) is 11.0. The fourth-order valence-corrected chi connectivity index (χ4v) is 4.02. The molecule has 0 radical (unpaired) electrons.